The number of benzene rings is 1. The van der Waals surface area contributed by atoms with Crippen LogP contribution in [0.2, 0.25) is 0 Å². The summed E-state index contributed by atoms with van der Waals surface area (Å²) in [5.41, 5.74) is 0.953. The van der Waals surface area contributed by atoms with Crippen LogP contribution in [-0.4, -0.2) is 34.5 Å². The van der Waals surface area contributed by atoms with E-state index in [4.69, 9.17) is 0 Å². The van der Waals surface area contributed by atoms with Gasteiger partial charge in [0.05, 0.1) is 0 Å². The first-order valence-corrected chi connectivity index (χ1v) is 8.30. The molecule has 1 aromatic rings. The summed E-state index contributed by atoms with van der Waals surface area (Å²) >= 11 is 0. The molecule has 0 spiro atoms. The van der Waals surface area contributed by atoms with Crippen LogP contribution in [-0.2, 0) is 16.1 Å². The molecule has 0 aliphatic rings. The molecule has 1 rings (SSSR count). The maximum Gasteiger partial charge on any atom is 0.326 e. The van der Waals surface area contributed by atoms with Gasteiger partial charge >= 0.3 is 5.97 Å². The highest BCUT2D eigenvalue weighted by Crippen LogP contribution is 2.09. The number of nitrogens with zero attached hydrogens (tertiary/aromatic N) is 2. The number of nitriles is 1. The first kappa shape index (κ1) is 20.2. The van der Waals surface area contributed by atoms with E-state index in [0.717, 1.165) is 5.56 Å². The quantitative estimate of drug-likeness (QED) is 0.531. The molecule has 0 aromatic heterocycles. The van der Waals surface area contributed by atoms with Gasteiger partial charge in [0.1, 0.15) is 17.7 Å². The van der Waals surface area contributed by atoms with Crippen molar-refractivity contribution in [2.24, 2.45) is 5.92 Å². The van der Waals surface area contributed by atoms with Crippen LogP contribution in [0.15, 0.2) is 42.1 Å². The molecule has 0 fully saturated rings. The topological polar surface area (TPSA) is 93.4 Å². The molecular weight excluding hydrogens is 318 g/mol. The van der Waals surface area contributed by atoms with Gasteiger partial charge in [-0.3, -0.25) is 4.79 Å². The normalized spacial score (nSPS) is 12.4. The molecule has 2 N–H and O–H groups in total. The van der Waals surface area contributed by atoms with Gasteiger partial charge in [0.15, 0.2) is 0 Å². The van der Waals surface area contributed by atoms with Crippen LogP contribution in [0.5, 0.6) is 0 Å². The van der Waals surface area contributed by atoms with E-state index in [0.29, 0.717) is 19.5 Å². The van der Waals surface area contributed by atoms with Gasteiger partial charge in [-0.1, -0.05) is 44.2 Å². The van der Waals surface area contributed by atoms with Gasteiger partial charge in [0.25, 0.3) is 5.91 Å². The van der Waals surface area contributed by atoms with E-state index in [9.17, 15) is 20.0 Å². The Morgan fingerprint density at radius 2 is 1.96 bits per heavy atom. The highest BCUT2D eigenvalue weighted by atomic mass is 16.4. The highest BCUT2D eigenvalue weighted by Gasteiger charge is 2.23. The van der Waals surface area contributed by atoms with Crippen molar-refractivity contribution >= 4 is 11.9 Å². The first-order chi connectivity index (χ1) is 11.9. The van der Waals surface area contributed by atoms with Crippen LogP contribution in [0.4, 0.5) is 0 Å². The second-order valence-corrected chi connectivity index (χ2v) is 6.20. The lowest BCUT2D eigenvalue weighted by molar-refractivity contribution is -0.141. The van der Waals surface area contributed by atoms with Gasteiger partial charge in [-0.05, 0) is 24.8 Å². The molecule has 134 valence electrons. The average molecular weight is 343 g/mol. The highest BCUT2D eigenvalue weighted by molar-refractivity contribution is 5.99. The molecule has 25 heavy (non-hydrogen) atoms. The Morgan fingerprint density at radius 3 is 2.44 bits per heavy atom. The standard InChI is InChI=1S/C19H25N3O3/c1-4-22(12-15-8-6-5-7-9-15)13-16(11-20)18(23)21-17(19(24)25)10-14(2)3/h5-9,13-14,17H,4,10,12H2,1-3H3,(H,21,23)(H,24,25)/b16-13-. The Kier molecular flexibility index (Phi) is 8.21. The number of amides is 1. The van der Waals surface area contributed by atoms with Gasteiger partial charge in [-0.15, -0.1) is 0 Å². The zero-order chi connectivity index (χ0) is 18.8. The van der Waals surface area contributed by atoms with Crippen LogP contribution in [0, 0.1) is 17.2 Å². The second-order valence-electron chi connectivity index (χ2n) is 6.20. The number of carboxylic acids is 1. The third-order valence-electron chi connectivity index (χ3n) is 3.62. The minimum Gasteiger partial charge on any atom is -0.480 e. The average Bonchev–Trinajstić information content (AvgIpc) is 2.58. The van der Waals surface area contributed by atoms with E-state index in [1.165, 1.54) is 6.20 Å². The summed E-state index contributed by atoms with van der Waals surface area (Å²) in [5.74, 6) is -1.65. The largest absolute Gasteiger partial charge is 0.480 e. The van der Waals surface area contributed by atoms with Crippen molar-refractivity contribution in [1.82, 2.24) is 10.2 Å². The van der Waals surface area contributed by atoms with Crippen molar-refractivity contribution in [3.05, 3.63) is 47.7 Å². The minimum absolute atomic E-state index is 0.104. The Labute approximate surface area is 148 Å². The fraction of sp³-hybridized carbons (Fsp3) is 0.421. The van der Waals surface area contributed by atoms with Crippen molar-refractivity contribution < 1.29 is 14.7 Å². The van der Waals surface area contributed by atoms with Crippen molar-refractivity contribution in [2.75, 3.05) is 6.54 Å². The summed E-state index contributed by atoms with van der Waals surface area (Å²) in [6.45, 7) is 6.85. The summed E-state index contributed by atoms with van der Waals surface area (Å²) in [4.78, 5) is 25.4. The first-order valence-electron chi connectivity index (χ1n) is 8.30. The predicted octanol–water partition coefficient (Wildman–Crippen LogP) is 2.53. The molecular formula is C19H25N3O3. The SMILES string of the molecule is CCN(/C=C(/C#N)C(=O)NC(CC(C)C)C(=O)O)Cc1ccccc1. The van der Waals surface area contributed by atoms with Crippen LogP contribution < -0.4 is 5.32 Å². The number of nitrogens with one attached hydrogen (secondary N) is 1. The third-order valence-corrected chi connectivity index (χ3v) is 3.62. The number of carboxylic acid groups (broad SMARTS) is 1. The van der Waals surface area contributed by atoms with Crippen LogP contribution in [0.3, 0.4) is 0 Å². The Hall–Kier alpha value is -2.81. The molecule has 0 radical (unpaired) electrons. The predicted molar refractivity (Wildman–Crippen MR) is 95.2 cm³/mol. The lowest BCUT2D eigenvalue weighted by atomic mass is 10.0. The molecule has 1 atom stereocenters. The van der Waals surface area contributed by atoms with Crippen LogP contribution >= 0.6 is 0 Å². The van der Waals surface area contributed by atoms with Crippen molar-refractivity contribution in [3.8, 4) is 6.07 Å². The zero-order valence-corrected chi connectivity index (χ0v) is 14.9. The fourth-order valence-corrected chi connectivity index (χ4v) is 2.32. The molecule has 0 heterocycles. The van der Waals surface area contributed by atoms with Gasteiger partial charge in [-0.25, -0.2) is 4.79 Å². The van der Waals surface area contributed by atoms with Gasteiger partial charge < -0.3 is 15.3 Å². The molecule has 0 saturated heterocycles. The lowest BCUT2D eigenvalue weighted by Crippen LogP contribution is -2.42. The molecule has 6 nitrogen and oxygen atoms in total. The summed E-state index contributed by atoms with van der Waals surface area (Å²) in [7, 11) is 0. The van der Waals surface area contributed by atoms with E-state index in [2.05, 4.69) is 5.32 Å². The number of carbonyl (C=O) groups excluding carboxylic acids is 1. The Morgan fingerprint density at radius 1 is 1.32 bits per heavy atom. The van der Waals surface area contributed by atoms with Crippen molar-refractivity contribution in [1.29, 1.82) is 5.26 Å². The Balaban J connectivity index is 2.86. The van der Waals surface area contributed by atoms with Crippen LogP contribution in [0.1, 0.15) is 32.8 Å². The molecule has 1 aromatic carbocycles. The molecule has 1 amide bonds. The van der Waals surface area contributed by atoms with E-state index in [-0.39, 0.29) is 11.5 Å². The zero-order valence-electron chi connectivity index (χ0n) is 14.9. The maximum absolute atomic E-state index is 12.3. The Bertz CT molecular complexity index is 648. The van der Waals surface area contributed by atoms with Crippen LogP contribution in [0.25, 0.3) is 0 Å². The monoisotopic (exact) mass is 343 g/mol. The van der Waals surface area contributed by atoms with Gasteiger partial charge in [0.2, 0.25) is 0 Å². The number of carbonyl (C=O) groups is 2. The number of rotatable bonds is 9. The molecule has 0 bridgehead atoms. The summed E-state index contributed by atoms with van der Waals surface area (Å²) in [6.07, 6.45) is 1.79. The third kappa shape index (κ3) is 7.08. The summed E-state index contributed by atoms with van der Waals surface area (Å²) < 4.78 is 0. The molecule has 0 aliphatic carbocycles. The number of hydrogen-bond acceptors (Lipinski definition) is 4. The smallest absolute Gasteiger partial charge is 0.326 e. The fourth-order valence-electron chi connectivity index (χ4n) is 2.32. The molecule has 1 unspecified atom stereocenters. The van der Waals surface area contributed by atoms with Gasteiger partial charge in [0, 0.05) is 19.3 Å². The van der Waals surface area contributed by atoms with Gasteiger partial charge in [-0.2, -0.15) is 5.26 Å². The second kappa shape index (κ2) is 10.1. The molecule has 6 heteroatoms. The number of aliphatic carboxylic acids is 1. The van der Waals surface area contributed by atoms with Crippen molar-refractivity contribution in [2.45, 2.75) is 39.8 Å². The van der Waals surface area contributed by atoms with E-state index < -0.39 is 17.9 Å². The maximum atomic E-state index is 12.3. The minimum atomic E-state index is -1.10. The summed E-state index contributed by atoms with van der Waals surface area (Å²) in [6, 6.07) is 10.6. The summed E-state index contributed by atoms with van der Waals surface area (Å²) in [5, 5.41) is 20.9. The van der Waals surface area contributed by atoms with E-state index in [1.54, 1.807) is 0 Å². The van der Waals surface area contributed by atoms with E-state index in [1.807, 2.05) is 62.1 Å². The molecule has 0 saturated carbocycles. The number of hydrogen-bond donors (Lipinski definition) is 2. The van der Waals surface area contributed by atoms with Crippen molar-refractivity contribution in [3.63, 3.8) is 0 Å². The lowest BCUT2D eigenvalue weighted by Gasteiger charge is -2.20. The molecule has 0 aliphatic heterocycles. The van der Waals surface area contributed by atoms with E-state index >= 15 is 0 Å².